The van der Waals surface area contributed by atoms with E-state index in [1.807, 2.05) is 6.07 Å². The fourth-order valence-electron chi connectivity index (χ4n) is 5.08. The third-order valence-electron chi connectivity index (χ3n) is 6.37. The number of benzene rings is 2. The van der Waals surface area contributed by atoms with Gasteiger partial charge in [-0.2, -0.15) is 0 Å². The molecule has 5 heteroatoms. The van der Waals surface area contributed by atoms with E-state index < -0.39 is 0 Å². The first kappa shape index (κ1) is 18.8. The summed E-state index contributed by atoms with van der Waals surface area (Å²) < 4.78 is 1.26. The fourth-order valence-corrected chi connectivity index (χ4v) is 6.08. The fraction of sp³-hybridized carbons (Fsp3) is 0.417. The van der Waals surface area contributed by atoms with Gasteiger partial charge in [0.25, 0.3) is 0 Å². The summed E-state index contributed by atoms with van der Waals surface area (Å²) in [5.41, 5.74) is 3.80. The molecule has 1 N–H and O–H groups in total. The molecule has 0 radical (unpaired) electrons. The summed E-state index contributed by atoms with van der Waals surface area (Å²) >= 11 is 1.79. The molecule has 1 aromatic heterocycles. The maximum Gasteiger partial charge on any atom is 0.217 e. The van der Waals surface area contributed by atoms with Crippen LogP contribution in [-0.4, -0.2) is 33.9 Å². The van der Waals surface area contributed by atoms with Crippen LogP contribution in [0.15, 0.2) is 48.5 Å². The Morgan fingerprint density at radius 1 is 1.07 bits per heavy atom. The molecule has 0 unspecified atom stereocenters. The molecule has 1 amide bonds. The van der Waals surface area contributed by atoms with Gasteiger partial charge in [-0.1, -0.05) is 36.4 Å². The van der Waals surface area contributed by atoms with E-state index >= 15 is 0 Å². The first-order valence-corrected chi connectivity index (χ1v) is 11.4. The number of hydrogen-bond donors (Lipinski definition) is 1. The van der Waals surface area contributed by atoms with Gasteiger partial charge in [-0.05, 0) is 48.9 Å². The number of carbonyl (C=O) groups excluding carboxylic acids is 1. The second kappa shape index (κ2) is 7.88. The van der Waals surface area contributed by atoms with Crippen LogP contribution in [0, 0.1) is 0 Å². The maximum atomic E-state index is 11.4. The summed E-state index contributed by atoms with van der Waals surface area (Å²) in [6.45, 7) is 2.65. The standard InChI is InChI=1S/C24H27N3OS/c1-16(28)25-19-13-20-10-11-21(14-19)27(20)15-18-8-6-17(7-9-18)12-24-26-22-4-2-3-5-23(22)29-24/h2-9,19-21H,10-15H2,1H3,(H,25,28)/t19-,20+,21-. The van der Waals surface area contributed by atoms with Gasteiger partial charge in [-0.25, -0.2) is 4.98 Å². The van der Waals surface area contributed by atoms with Gasteiger partial charge >= 0.3 is 0 Å². The molecular weight excluding hydrogens is 378 g/mol. The Hall–Kier alpha value is -2.24. The monoisotopic (exact) mass is 405 g/mol. The average Bonchev–Trinajstić information content (AvgIpc) is 3.20. The Morgan fingerprint density at radius 3 is 2.45 bits per heavy atom. The van der Waals surface area contributed by atoms with Crippen LogP contribution >= 0.6 is 11.3 Å². The third-order valence-corrected chi connectivity index (χ3v) is 7.41. The highest BCUT2D eigenvalue weighted by atomic mass is 32.1. The zero-order chi connectivity index (χ0) is 19.8. The lowest BCUT2D eigenvalue weighted by molar-refractivity contribution is -0.120. The molecule has 2 aliphatic rings. The molecule has 3 aromatic rings. The predicted molar refractivity (Wildman–Crippen MR) is 118 cm³/mol. The van der Waals surface area contributed by atoms with Gasteiger partial charge in [-0.3, -0.25) is 9.69 Å². The van der Waals surface area contributed by atoms with E-state index in [1.165, 1.54) is 33.7 Å². The third kappa shape index (κ3) is 4.07. The van der Waals surface area contributed by atoms with Crippen LogP contribution in [-0.2, 0) is 17.8 Å². The number of nitrogens with zero attached hydrogens (tertiary/aromatic N) is 2. The van der Waals surface area contributed by atoms with Crippen molar-refractivity contribution in [3.63, 3.8) is 0 Å². The SMILES string of the molecule is CC(=O)N[C@H]1C[C@H]2CC[C@@H](C1)N2Cc1ccc(Cc2nc3ccccc3s2)cc1. The Balaban J connectivity index is 1.22. The van der Waals surface area contributed by atoms with Crippen LogP contribution < -0.4 is 5.32 Å². The van der Waals surface area contributed by atoms with Crippen LogP contribution in [0.1, 0.15) is 48.7 Å². The van der Waals surface area contributed by atoms with Crippen LogP contribution in [0.4, 0.5) is 0 Å². The van der Waals surface area contributed by atoms with Crippen molar-refractivity contribution in [1.29, 1.82) is 0 Å². The van der Waals surface area contributed by atoms with Crippen LogP contribution in [0.5, 0.6) is 0 Å². The van der Waals surface area contributed by atoms with Gasteiger partial charge < -0.3 is 5.32 Å². The minimum atomic E-state index is 0.103. The number of fused-ring (bicyclic) bond motifs is 3. The van der Waals surface area contributed by atoms with Gasteiger partial charge in [0.15, 0.2) is 0 Å². The molecule has 2 bridgehead atoms. The number of piperidine rings is 1. The summed E-state index contributed by atoms with van der Waals surface area (Å²) in [5.74, 6) is 0.103. The van der Waals surface area contributed by atoms with E-state index in [2.05, 4.69) is 52.7 Å². The number of nitrogens with one attached hydrogen (secondary N) is 1. The molecule has 4 nitrogen and oxygen atoms in total. The number of carbonyl (C=O) groups is 1. The summed E-state index contributed by atoms with van der Waals surface area (Å²) in [4.78, 5) is 18.8. The number of para-hydroxylation sites is 1. The smallest absolute Gasteiger partial charge is 0.217 e. The lowest BCUT2D eigenvalue weighted by atomic mass is 9.96. The molecule has 0 saturated carbocycles. The zero-order valence-electron chi connectivity index (χ0n) is 16.8. The molecule has 150 valence electrons. The molecule has 2 saturated heterocycles. The van der Waals surface area contributed by atoms with Crippen molar-refractivity contribution in [3.8, 4) is 0 Å². The van der Waals surface area contributed by atoms with E-state index in [9.17, 15) is 4.79 Å². The average molecular weight is 406 g/mol. The largest absolute Gasteiger partial charge is 0.353 e. The molecule has 29 heavy (non-hydrogen) atoms. The highest BCUT2D eigenvalue weighted by Crippen LogP contribution is 2.37. The maximum absolute atomic E-state index is 11.4. The molecule has 3 atom stereocenters. The van der Waals surface area contributed by atoms with Gasteiger partial charge in [0, 0.05) is 38.0 Å². The van der Waals surface area contributed by atoms with E-state index in [-0.39, 0.29) is 5.91 Å². The molecule has 0 spiro atoms. The van der Waals surface area contributed by atoms with Crippen LogP contribution in [0.25, 0.3) is 10.2 Å². The molecule has 2 aromatic carbocycles. The van der Waals surface area contributed by atoms with E-state index in [0.717, 1.165) is 31.3 Å². The van der Waals surface area contributed by atoms with Crippen molar-refractivity contribution in [2.45, 2.75) is 63.7 Å². The van der Waals surface area contributed by atoms with Gasteiger partial charge in [0.2, 0.25) is 5.91 Å². The van der Waals surface area contributed by atoms with Gasteiger partial charge in [-0.15, -0.1) is 11.3 Å². The van der Waals surface area contributed by atoms with Crippen molar-refractivity contribution < 1.29 is 4.79 Å². The van der Waals surface area contributed by atoms with E-state index in [4.69, 9.17) is 4.98 Å². The number of thiazole rings is 1. The summed E-state index contributed by atoms with van der Waals surface area (Å²) in [7, 11) is 0. The summed E-state index contributed by atoms with van der Waals surface area (Å²) in [5, 5.41) is 4.31. The second-order valence-corrected chi connectivity index (χ2v) is 9.61. The number of amides is 1. The quantitative estimate of drug-likeness (QED) is 0.679. The van der Waals surface area contributed by atoms with Crippen LogP contribution in [0.3, 0.4) is 0 Å². The van der Waals surface area contributed by atoms with E-state index in [0.29, 0.717) is 18.1 Å². The highest BCUT2D eigenvalue weighted by molar-refractivity contribution is 7.18. The predicted octanol–water partition coefficient (Wildman–Crippen LogP) is 4.52. The molecule has 2 aliphatic heterocycles. The highest BCUT2D eigenvalue weighted by Gasteiger charge is 2.40. The molecular formula is C24H27N3OS. The lowest BCUT2D eigenvalue weighted by Crippen LogP contribution is -2.49. The summed E-state index contributed by atoms with van der Waals surface area (Å²) in [6.07, 6.45) is 5.59. The molecule has 5 rings (SSSR count). The Kier molecular flexibility index (Phi) is 5.10. The number of rotatable bonds is 5. The summed E-state index contributed by atoms with van der Waals surface area (Å²) in [6, 6.07) is 19.0. The Labute approximate surface area is 176 Å². The second-order valence-electron chi connectivity index (χ2n) is 8.49. The minimum Gasteiger partial charge on any atom is -0.353 e. The van der Waals surface area contributed by atoms with Crippen molar-refractivity contribution in [3.05, 3.63) is 64.7 Å². The van der Waals surface area contributed by atoms with Crippen molar-refractivity contribution in [1.82, 2.24) is 15.2 Å². The Morgan fingerprint density at radius 2 is 1.76 bits per heavy atom. The first-order valence-electron chi connectivity index (χ1n) is 10.6. The topological polar surface area (TPSA) is 45.2 Å². The van der Waals surface area contributed by atoms with Crippen molar-refractivity contribution >= 4 is 27.5 Å². The van der Waals surface area contributed by atoms with Crippen LogP contribution in [0.2, 0.25) is 0 Å². The van der Waals surface area contributed by atoms with Gasteiger partial charge in [0.05, 0.1) is 15.2 Å². The molecule has 2 fully saturated rings. The molecule has 0 aliphatic carbocycles. The minimum absolute atomic E-state index is 0.103. The lowest BCUT2D eigenvalue weighted by Gasteiger charge is -2.39. The zero-order valence-corrected chi connectivity index (χ0v) is 17.6. The normalized spacial score (nSPS) is 24.1. The van der Waals surface area contributed by atoms with Crippen molar-refractivity contribution in [2.24, 2.45) is 0 Å². The van der Waals surface area contributed by atoms with Gasteiger partial charge in [0.1, 0.15) is 0 Å². The van der Waals surface area contributed by atoms with E-state index in [1.54, 1.807) is 18.3 Å². The van der Waals surface area contributed by atoms with Crippen molar-refractivity contribution in [2.75, 3.05) is 0 Å². The number of hydrogen-bond acceptors (Lipinski definition) is 4. The molecule has 3 heterocycles. The number of aromatic nitrogens is 1. The Bertz CT molecular complexity index is 965. The first-order chi connectivity index (χ1) is 14.1.